The number of carbonyl (C=O) groups is 2. The maximum absolute atomic E-state index is 12.5. The van der Waals surface area contributed by atoms with Crippen molar-refractivity contribution < 1.29 is 9.59 Å². The molecule has 2 heteroatoms. The second kappa shape index (κ2) is 10.4. The molecule has 24 heavy (non-hydrogen) atoms. The Kier molecular flexibility index (Phi) is 8.49. The van der Waals surface area contributed by atoms with Crippen LogP contribution in [0.2, 0.25) is 0 Å². The molecule has 0 aromatic heterocycles. The number of Topliss-reactive ketones (excluding diaryl/α,β-unsaturated/α-hetero) is 2. The second-order valence-electron chi connectivity index (χ2n) is 8.50. The highest BCUT2D eigenvalue weighted by molar-refractivity contribution is 5.82. The summed E-state index contributed by atoms with van der Waals surface area (Å²) in [5.41, 5.74) is 0. The van der Waals surface area contributed by atoms with Gasteiger partial charge in [-0.3, -0.25) is 9.59 Å². The van der Waals surface area contributed by atoms with E-state index in [0.29, 0.717) is 30.3 Å². The van der Waals surface area contributed by atoms with Crippen LogP contribution >= 0.6 is 0 Å². The number of hydrogen-bond acceptors (Lipinski definition) is 2. The van der Waals surface area contributed by atoms with Gasteiger partial charge in [-0.15, -0.1) is 0 Å². The number of unbranched alkanes of at least 4 members (excludes halogenated alkanes) is 2. The molecule has 138 valence electrons. The fourth-order valence-corrected chi connectivity index (χ4v) is 4.89. The zero-order valence-corrected chi connectivity index (χ0v) is 16.0. The van der Waals surface area contributed by atoms with Gasteiger partial charge in [0.2, 0.25) is 0 Å². The summed E-state index contributed by atoms with van der Waals surface area (Å²) in [7, 11) is 0. The number of carbonyl (C=O) groups excluding carboxylic acids is 2. The second-order valence-corrected chi connectivity index (χ2v) is 8.50. The topological polar surface area (TPSA) is 34.1 Å². The van der Waals surface area contributed by atoms with Crippen LogP contribution in [-0.4, -0.2) is 11.6 Å². The molecule has 0 saturated heterocycles. The van der Waals surface area contributed by atoms with Gasteiger partial charge in [0.1, 0.15) is 11.6 Å². The van der Waals surface area contributed by atoms with E-state index >= 15 is 0 Å². The molecule has 2 saturated carbocycles. The first kappa shape index (κ1) is 19.7. The molecule has 0 spiro atoms. The van der Waals surface area contributed by atoms with Crippen molar-refractivity contribution in [2.45, 2.75) is 104 Å². The predicted octanol–water partition coefficient (Wildman–Crippen LogP) is 6.12. The van der Waals surface area contributed by atoms with Gasteiger partial charge >= 0.3 is 0 Å². The van der Waals surface area contributed by atoms with Gasteiger partial charge in [-0.05, 0) is 50.4 Å². The van der Waals surface area contributed by atoms with Crippen molar-refractivity contribution in [1.82, 2.24) is 0 Å². The molecule has 0 heterocycles. The molecule has 2 fully saturated rings. The molecule has 2 nitrogen and oxygen atoms in total. The molecule has 4 atom stereocenters. The van der Waals surface area contributed by atoms with E-state index in [-0.39, 0.29) is 5.92 Å². The Balaban J connectivity index is 1.60. The van der Waals surface area contributed by atoms with Crippen molar-refractivity contribution in [2.75, 3.05) is 0 Å². The lowest BCUT2D eigenvalue weighted by Crippen LogP contribution is -2.31. The molecule has 0 aliphatic heterocycles. The van der Waals surface area contributed by atoms with E-state index in [2.05, 4.69) is 13.8 Å². The molecule has 0 aromatic carbocycles. The van der Waals surface area contributed by atoms with E-state index in [0.717, 1.165) is 56.8 Å². The summed E-state index contributed by atoms with van der Waals surface area (Å²) in [6.07, 6.45) is 15.7. The van der Waals surface area contributed by atoms with E-state index in [9.17, 15) is 9.59 Å². The van der Waals surface area contributed by atoms with Crippen LogP contribution in [0.3, 0.4) is 0 Å². The summed E-state index contributed by atoms with van der Waals surface area (Å²) >= 11 is 0. The van der Waals surface area contributed by atoms with Gasteiger partial charge in [0.15, 0.2) is 0 Å². The molecular weight excluding hydrogens is 296 g/mol. The number of ketones is 2. The van der Waals surface area contributed by atoms with Crippen molar-refractivity contribution in [2.24, 2.45) is 23.7 Å². The monoisotopic (exact) mass is 334 g/mol. The molecule has 0 bridgehead atoms. The third-order valence-corrected chi connectivity index (χ3v) is 6.63. The van der Waals surface area contributed by atoms with Gasteiger partial charge in [0.05, 0.1) is 0 Å². The summed E-state index contributed by atoms with van der Waals surface area (Å²) in [5.74, 6) is 3.20. The van der Waals surface area contributed by atoms with Crippen LogP contribution in [0.15, 0.2) is 0 Å². The molecule has 0 radical (unpaired) electrons. The molecule has 4 unspecified atom stereocenters. The van der Waals surface area contributed by atoms with Gasteiger partial charge in [-0.1, -0.05) is 52.4 Å². The van der Waals surface area contributed by atoms with Crippen molar-refractivity contribution in [3.63, 3.8) is 0 Å². The summed E-state index contributed by atoms with van der Waals surface area (Å²) in [6, 6.07) is 0. The highest BCUT2D eigenvalue weighted by atomic mass is 16.1. The lowest BCUT2D eigenvalue weighted by molar-refractivity contribution is -0.126. The summed E-state index contributed by atoms with van der Waals surface area (Å²) in [5, 5.41) is 0. The van der Waals surface area contributed by atoms with Crippen molar-refractivity contribution in [3.8, 4) is 0 Å². The normalized spacial score (nSPS) is 28.2. The average molecular weight is 335 g/mol. The van der Waals surface area contributed by atoms with Crippen molar-refractivity contribution in [3.05, 3.63) is 0 Å². The third kappa shape index (κ3) is 6.01. The molecule has 2 rings (SSSR count). The highest BCUT2D eigenvalue weighted by Crippen LogP contribution is 2.43. The Morgan fingerprint density at radius 1 is 0.917 bits per heavy atom. The third-order valence-electron chi connectivity index (χ3n) is 6.63. The van der Waals surface area contributed by atoms with Crippen LogP contribution in [-0.2, 0) is 9.59 Å². The maximum atomic E-state index is 12.5. The molecular formula is C22H38O2. The number of hydrogen-bond donors (Lipinski definition) is 0. The first-order valence-electron chi connectivity index (χ1n) is 10.7. The minimum Gasteiger partial charge on any atom is -0.299 e. The highest BCUT2D eigenvalue weighted by Gasteiger charge is 2.34. The van der Waals surface area contributed by atoms with Crippen LogP contribution < -0.4 is 0 Å². The van der Waals surface area contributed by atoms with Gasteiger partial charge in [0, 0.05) is 24.7 Å². The van der Waals surface area contributed by atoms with E-state index in [1.54, 1.807) is 0 Å². The van der Waals surface area contributed by atoms with Gasteiger partial charge in [-0.25, -0.2) is 0 Å². The smallest absolute Gasteiger partial charge is 0.135 e. The molecule has 0 aromatic rings. The minimum absolute atomic E-state index is 0.210. The lowest BCUT2D eigenvalue weighted by Gasteiger charge is -2.38. The fourth-order valence-electron chi connectivity index (χ4n) is 4.89. The molecule has 0 amide bonds. The Morgan fingerprint density at radius 3 is 2.38 bits per heavy atom. The van der Waals surface area contributed by atoms with E-state index < -0.39 is 0 Å². The van der Waals surface area contributed by atoms with Crippen LogP contribution in [0.25, 0.3) is 0 Å². The number of fused-ring (bicyclic) bond motifs is 1. The summed E-state index contributed by atoms with van der Waals surface area (Å²) in [4.78, 5) is 24.6. The molecule has 2 aliphatic carbocycles. The Morgan fingerprint density at radius 2 is 1.62 bits per heavy atom. The quantitative estimate of drug-likeness (QED) is 0.451. The Hall–Kier alpha value is -0.660. The standard InChI is InChI=1S/C22H38O2/c1-3-4-9-17(2)21(23)12-7-8-13-22(24)20-15-14-18-10-5-6-11-19(18)16-20/h17-20H,3-16H2,1-2H3. The summed E-state index contributed by atoms with van der Waals surface area (Å²) < 4.78 is 0. The van der Waals surface area contributed by atoms with Gasteiger partial charge < -0.3 is 0 Å². The summed E-state index contributed by atoms with van der Waals surface area (Å²) in [6.45, 7) is 4.23. The van der Waals surface area contributed by atoms with Crippen LogP contribution in [0, 0.1) is 23.7 Å². The van der Waals surface area contributed by atoms with Crippen molar-refractivity contribution in [1.29, 1.82) is 0 Å². The predicted molar refractivity (Wildman–Crippen MR) is 100.0 cm³/mol. The van der Waals surface area contributed by atoms with Crippen LogP contribution in [0.4, 0.5) is 0 Å². The zero-order chi connectivity index (χ0) is 17.4. The first-order valence-corrected chi connectivity index (χ1v) is 10.7. The zero-order valence-electron chi connectivity index (χ0n) is 16.0. The van der Waals surface area contributed by atoms with E-state index in [4.69, 9.17) is 0 Å². The maximum Gasteiger partial charge on any atom is 0.135 e. The SMILES string of the molecule is CCCCC(C)C(=O)CCCCC(=O)C1CCC2CCCCC2C1. The minimum atomic E-state index is 0.210. The number of rotatable bonds is 10. The Bertz CT molecular complexity index is 401. The van der Waals surface area contributed by atoms with Crippen molar-refractivity contribution >= 4 is 11.6 Å². The van der Waals surface area contributed by atoms with Gasteiger partial charge in [-0.2, -0.15) is 0 Å². The lowest BCUT2D eigenvalue weighted by atomic mass is 9.66. The average Bonchev–Trinajstić information content (AvgIpc) is 2.62. The largest absolute Gasteiger partial charge is 0.299 e. The molecule has 2 aliphatic rings. The molecule has 0 N–H and O–H groups in total. The van der Waals surface area contributed by atoms with Gasteiger partial charge in [0.25, 0.3) is 0 Å². The van der Waals surface area contributed by atoms with E-state index in [1.165, 1.54) is 32.1 Å². The Labute approximate surface area is 149 Å². The first-order chi connectivity index (χ1) is 11.6. The van der Waals surface area contributed by atoms with Crippen LogP contribution in [0.5, 0.6) is 0 Å². The van der Waals surface area contributed by atoms with Crippen LogP contribution in [0.1, 0.15) is 104 Å². The fraction of sp³-hybridized carbons (Fsp3) is 0.909. The van der Waals surface area contributed by atoms with E-state index in [1.807, 2.05) is 0 Å².